The zero-order chi connectivity index (χ0) is 20.8. The van der Waals surface area contributed by atoms with E-state index in [1.807, 2.05) is 38.1 Å². The fraction of sp³-hybridized carbons (Fsp3) is 0.286. The molecule has 2 aromatic heterocycles. The monoisotopic (exact) mass is 395 g/mol. The van der Waals surface area contributed by atoms with Crippen LogP contribution >= 0.6 is 0 Å². The standard InChI is InChI=1S/C21H25N5O3/c1-4-29-17-11-6-5-9-15(17)23-20(27)18-16-10-7-8-13-26(16)19(24-18)21(28)22-12-14-25(2)3/h5-11,13H,4,12,14H2,1-3H3,(H,22,28)(H,23,27). The molecule has 0 fully saturated rings. The molecular formula is C21H25N5O3. The van der Waals surface area contributed by atoms with Gasteiger partial charge in [-0.2, -0.15) is 0 Å². The minimum Gasteiger partial charge on any atom is -0.492 e. The lowest BCUT2D eigenvalue weighted by Gasteiger charge is -2.10. The number of anilines is 1. The third kappa shape index (κ3) is 4.72. The quantitative estimate of drug-likeness (QED) is 0.611. The molecule has 3 aromatic rings. The molecule has 2 heterocycles. The van der Waals surface area contributed by atoms with Gasteiger partial charge in [0.1, 0.15) is 5.75 Å². The maximum atomic E-state index is 12.9. The zero-order valence-corrected chi connectivity index (χ0v) is 16.8. The molecular weight excluding hydrogens is 370 g/mol. The van der Waals surface area contributed by atoms with Gasteiger partial charge in [-0.1, -0.05) is 18.2 Å². The Labute approximate surface area is 169 Å². The molecule has 0 radical (unpaired) electrons. The largest absolute Gasteiger partial charge is 0.492 e. The van der Waals surface area contributed by atoms with Crippen LogP contribution in [0.5, 0.6) is 5.75 Å². The molecule has 8 heteroatoms. The van der Waals surface area contributed by atoms with Crippen LogP contribution in [0.1, 0.15) is 28.0 Å². The SMILES string of the molecule is CCOc1ccccc1NC(=O)c1nc(C(=O)NCCN(C)C)n2ccccc12. The molecule has 0 spiro atoms. The first-order valence-corrected chi connectivity index (χ1v) is 9.44. The van der Waals surface area contributed by atoms with E-state index in [-0.39, 0.29) is 17.4 Å². The maximum Gasteiger partial charge on any atom is 0.287 e. The summed E-state index contributed by atoms with van der Waals surface area (Å²) < 4.78 is 7.18. The van der Waals surface area contributed by atoms with Gasteiger partial charge in [0.15, 0.2) is 5.69 Å². The van der Waals surface area contributed by atoms with E-state index in [4.69, 9.17) is 4.74 Å². The lowest BCUT2D eigenvalue weighted by Crippen LogP contribution is -2.32. The Morgan fingerprint density at radius 1 is 1.10 bits per heavy atom. The molecule has 0 unspecified atom stereocenters. The Morgan fingerprint density at radius 2 is 1.86 bits per heavy atom. The van der Waals surface area contributed by atoms with Crippen LogP contribution in [-0.4, -0.2) is 59.9 Å². The van der Waals surface area contributed by atoms with Crippen molar-refractivity contribution in [2.75, 3.05) is 39.1 Å². The number of likely N-dealkylation sites (N-methyl/N-ethyl adjacent to an activating group) is 1. The summed E-state index contributed by atoms with van der Waals surface area (Å²) in [5.41, 5.74) is 1.28. The summed E-state index contributed by atoms with van der Waals surface area (Å²) in [6, 6.07) is 12.5. The molecule has 0 bridgehead atoms. The second kappa shape index (κ2) is 9.20. The Bertz CT molecular complexity index is 1010. The number of carbonyl (C=O) groups is 2. The predicted octanol–water partition coefficient (Wildman–Crippen LogP) is 2.28. The van der Waals surface area contributed by atoms with E-state index in [2.05, 4.69) is 15.6 Å². The molecule has 152 valence electrons. The first-order chi connectivity index (χ1) is 14.0. The zero-order valence-electron chi connectivity index (χ0n) is 16.8. The summed E-state index contributed by atoms with van der Waals surface area (Å²) in [6.07, 6.45) is 1.72. The molecule has 8 nitrogen and oxygen atoms in total. The van der Waals surface area contributed by atoms with Crippen LogP contribution < -0.4 is 15.4 Å². The molecule has 0 saturated carbocycles. The van der Waals surface area contributed by atoms with Crippen LogP contribution in [-0.2, 0) is 0 Å². The van der Waals surface area contributed by atoms with Crippen molar-refractivity contribution >= 4 is 23.0 Å². The van der Waals surface area contributed by atoms with Crippen molar-refractivity contribution in [3.05, 3.63) is 60.2 Å². The van der Waals surface area contributed by atoms with Crippen LogP contribution in [0.3, 0.4) is 0 Å². The number of hydrogen-bond donors (Lipinski definition) is 2. The van der Waals surface area contributed by atoms with Gasteiger partial charge in [0.25, 0.3) is 11.8 Å². The number of fused-ring (bicyclic) bond motifs is 1. The number of imidazole rings is 1. The van der Waals surface area contributed by atoms with Gasteiger partial charge in [0.2, 0.25) is 5.82 Å². The van der Waals surface area contributed by atoms with Gasteiger partial charge in [-0.15, -0.1) is 0 Å². The summed E-state index contributed by atoms with van der Waals surface area (Å²) in [5, 5.41) is 5.67. The van der Waals surface area contributed by atoms with Crippen molar-refractivity contribution in [2.24, 2.45) is 0 Å². The average Bonchev–Trinajstić information content (AvgIpc) is 3.09. The molecule has 2 N–H and O–H groups in total. The second-order valence-corrected chi connectivity index (χ2v) is 6.68. The number of para-hydroxylation sites is 2. The molecule has 3 rings (SSSR count). The Morgan fingerprint density at radius 3 is 2.62 bits per heavy atom. The highest BCUT2D eigenvalue weighted by Gasteiger charge is 2.22. The highest BCUT2D eigenvalue weighted by molar-refractivity contribution is 6.09. The third-order valence-electron chi connectivity index (χ3n) is 4.25. The smallest absolute Gasteiger partial charge is 0.287 e. The van der Waals surface area contributed by atoms with E-state index in [0.717, 1.165) is 0 Å². The lowest BCUT2D eigenvalue weighted by atomic mass is 10.2. The Hall–Kier alpha value is -3.39. The summed E-state index contributed by atoms with van der Waals surface area (Å²) in [6.45, 7) is 3.55. The first-order valence-electron chi connectivity index (χ1n) is 9.44. The molecule has 0 aliphatic rings. The minimum atomic E-state index is -0.409. The van der Waals surface area contributed by atoms with Crippen molar-refractivity contribution in [1.29, 1.82) is 0 Å². The van der Waals surface area contributed by atoms with Crippen molar-refractivity contribution in [3.8, 4) is 5.75 Å². The first kappa shape index (κ1) is 20.3. The number of hydrogen-bond acceptors (Lipinski definition) is 5. The van der Waals surface area contributed by atoms with Crippen LogP contribution in [0.4, 0.5) is 5.69 Å². The summed E-state index contributed by atoms with van der Waals surface area (Å²) in [4.78, 5) is 31.9. The van der Waals surface area contributed by atoms with Crippen molar-refractivity contribution < 1.29 is 14.3 Å². The molecule has 2 amide bonds. The molecule has 0 aliphatic carbocycles. The Kier molecular flexibility index (Phi) is 6.46. The van der Waals surface area contributed by atoms with E-state index >= 15 is 0 Å². The third-order valence-corrected chi connectivity index (χ3v) is 4.25. The van der Waals surface area contributed by atoms with Crippen molar-refractivity contribution in [2.45, 2.75) is 6.92 Å². The number of pyridine rings is 1. The molecule has 0 atom stereocenters. The van der Waals surface area contributed by atoms with Crippen LogP contribution in [0.15, 0.2) is 48.7 Å². The summed E-state index contributed by atoms with van der Waals surface area (Å²) in [5.74, 6) is 0.00567. The Balaban J connectivity index is 1.88. The van der Waals surface area contributed by atoms with Crippen molar-refractivity contribution in [3.63, 3.8) is 0 Å². The molecule has 0 saturated heterocycles. The van der Waals surface area contributed by atoms with E-state index in [0.29, 0.717) is 36.6 Å². The van der Waals surface area contributed by atoms with Gasteiger partial charge < -0.3 is 20.3 Å². The molecule has 29 heavy (non-hydrogen) atoms. The number of benzene rings is 1. The number of amides is 2. The topological polar surface area (TPSA) is 88.0 Å². The number of aromatic nitrogens is 2. The summed E-state index contributed by atoms with van der Waals surface area (Å²) >= 11 is 0. The van der Waals surface area contributed by atoms with E-state index in [1.165, 1.54) is 0 Å². The van der Waals surface area contributed by atoms with Gasteiger partial charge in [-0.3, -0.25) is 14.0 Å². The van der Waals surface area contributed by atoms with Gasteiger partial charge in [0.05, 0.1) is 17.8 Å². The predicted molar refractivity (Wildman–Crippen MR) is 112 cm³/mol. The fourth-order valence-electron chi connectivity index (χ4n) is 2.87. The highest BCUT2D eigenvalue weighted by atomic mass is 16.5. The molecule has 0 aliphatic heterocycles. The van der Waals surface area contributed by atoms with Crippen LogP contribution in [0, 0.1) is 0 Å². The number of nitrogens with zero attached hydrogens (tertiary/aromatic N) is 3. The van der Waals surface area contributed by atoms with Crippen molar-refractivity contribution in [1.82, 2.24) is 19.6 Å². The molecule has 1 aromatic carbocycles. The average molecular weight is 395 g/mol. The van der Waals surface area contributed by atoms with E-state index in [9.17, 15) is 9.59 Å². The van der Waals surface area contributed by atoms with E-state index in [1.54, 1.807) is 40.9 Å². The normalized spacial score (nSPS) is 10.9. The second-order valence-electron chi connectivity index (χ2n) is 6.68. The maximum absolute atomic E-state index is 12.9. The number of carbonyl (C=O) groups excluding carboxylic acids is 2. The van der Waals surface area contributed by atoms with Gasteiger partial charge in [-0.05, 0) is 45.3 Å². The minimum absolute atomic E-state index is 0.169. The fourth-order valence-corrected chi connectivity index (χ4v) is 2.87. The lowest BCUT2D eigenvalue weighted by molar-refractivity contribution is 0.0940. The highest BCUT2D eigenvalue weighted by Crippen LogP contribution is 2.25. The van der Waals surface area contributed by atoms with E-state index < -0.39 is 5.91 Å². The summed E-state index contributed by atoms with van der Waals surface area (Å²) in [7, 11) is 3.86. The van der Waals surface area contributed by atoms with Gasteiger partial charge in [-0.25, -0.2) is 4.98 Å². The van der Waals surface area contributed by atoms with Gasteiger partial charge >= 0.3 is 0 Å². The number of nitrogens with one attached hydrogen (secondary N) is 2. The van der Waals surface area contributed by atoms with Gasteiger partial charge in [0, 0.05) is 19.3 Å². The number of rotatable bonds is 8. The number of ether oxygens (including phenoxy) is 1. The van der Waals surface area contributed by atoms with Crippen LogP contribution in [0.2, 0.25) is 0 Å². The van der Waals surface area contributed by atoms with Crippen LogP contribution in [0.25, 0.3) is 5.52 Å².